The minimum Gasteiger partial charge on any atom is -0.211 e. The molecule has 0 saturated heterocycles. The van der Waals surface area contributed by atoms with Crippen LogP contribution < -0.4 is 4.72 Å². The quantitative estimate of drug-likeness (QED) is 0.852. The van der Waals surface area contributed by atoms with Crippen LogP contribution in [0.25, 0.3) is 11.1 Å². The monoisotopic (exact) mass is 337 g/mol. The van der Waals surface area contributed by atoms with E-state index in [9.17, 15) is 8.42 Å². The topological polar surface area (TPSA) is 46.2 Å². The summed E-state index contributed by atoms with van der Waals surface area (Å²) < 4.78 is 27.0. The molecule has 0 spiro atoms. The summed E-state index contributed by atoms with van der Waals surface area (Å²) in [6.45, 7) is 4.59. The number of nitrogens with one attached hydrogen (secondary N) is 1. The van der Waals surface area contributed by atoms with Crippen molar-refractivity contribution in [1.82, 2.24) is 4.72 Å². The predicted octanol–water partition coefficient (Wildman–Crippen LogP) is 4.33. The first-order chi connectivity index (χ1) is 10.4. The number of benzene rings is 2. The van der Waals surface area contributed by atoms with Crippen LogP contribution in [-0.4, -0.2) is 15.0 Å². The van der Waals surface area contributed by atoms with E-state index in [1.807, 2.05) is 24.3 Å². The molecular formula is C17H20ClNO2S. The van der Waals surface area contributed by atoms with Crippen LogP contribution in [0.15, 0.2) is 53.4 Å². The molecule has 2 rings (SSSR count). The SMILES string of the molecule is CC(C)CCNS(=O)(=O)c1ccc(-c2ccc(Cl)cc2)cc1. The zero-order chi connectivity index (χ0) is 16.2. The number of halogens is 1. The maximum atomic E-state index is 12.2. The van der Waals surface area contributed by atoms with Crippen molar-refractivity contribution in [2.45, 2.75) is 25.2 Å². The highest BCUT2D eigenvalue weighted by Gasteiger charge is 2.13. The van der Waals surface area contributed by atoms with E-state index in [1.54, 1.807) is 24.3 Å². The summed E-state index contributed by atoms with van der Waals surface area (Å²) in [5.41, 5.74) is 1.96. The lowest BCUT2D eigenvalue weighted by molar-refractivity contribution is 0.551. The molecule has 2 aromatic carbocycles. The van der Waals surface area contributed by atoms with Gasteiger partial charge in [0.1, 0.15) is 0 Å². The van der Waals surface area contributed by atoms with Crippen molar-refractivity contribution >= 4 is 21.6 Å². The van der Waals surface area contributed by atoms with Crippen molar-refractivity contribution in [3.63, 3.8) is 0 Å². The van der Waals surface area contributed by atoms with Crippen molar-refractivity contribution in [2.24, 2.45) is 5.92 Å². The van der Waals surface area contributed by atoms with Gasteiger partial charge in [-0.2, -0.15) is 0 Å². The minimum absolute atomic E-state index is 0.286. The molecule has 0 saturated carbocycles. The summed E-state index contributed by atoms with van der Waals surface area (Å²) in [4.78, 5) is 0.286. The third kappa shape index (κ3) is 4.57. The Bertz CT molecular complexity index is 707. The second-order valence-electron chi connectivity index (χ2n) is 5.61. The van der Waals surface area contributed by atoms with E-state index >= 15 is 0 Å². The van der Waals surface area contributed by atoms with Crippen molar-refractivity contribution < 1.29 is 8.42 Å². The summed E-state index contributed by atoms with van der Waals surface area (Å²) in [6, 6.07) is 14.3. The van der Waals surface area contributed by atoms with Gasteiger partial charge in [0.05, 0.1) is 4.90 Å². The molecule has 0 heterocycles. The zero-order valence-corrected chi connectivity index (χ0v) is 14.3. The molecule has 0 aromatic heterocycles. The summed E-state index contributed by atoms with van der Waals surface area (Å²) >= 11 is 5.87. The van der Waals surface area contributed by atoms with Crippen LogP contribution in [0.5, 0.6) is 0 Å². The van der Waals surface area contributed by atoms with Crippen LogP contribution in [0.2, 0.25) is 5.02 Å². The number of sulfonamides is 1. The Morgan fingerprint density at radius 3 is 1.95 bits per heavy atom. The smallest absolute Gasteiger partial charge is 0.211 e. The van der Waals surface area contributed by atoms with Gasteiger partial charge in [-0.05, 0) is 47.7 Å². The Labute approximate surface area is 137 Å². The van der Waals surface area contributed by atoms with Gasteiger partial charge in [0, 0.05) is 11.6 Å². The van der Waals surface area contributed by atoms with Crippen LogP contribution in [0.4, 0.5) is 0 Å². The van der Waals surface area contributed by atoms with Gasteiger partial charge in [0.2, 0.25) is 10.0 Å². The highest BCUT2D eigenvalue weighted by molar-refractivity contribution is 7.89. The molecule has 0 fully saturated rings. The molecule has 0 aliphatic heterocycles. The van der Waals surface area contributed by atoms with Crippen LogP contribution in [0.1, 0.15) is 20.3 Å². The first-order valence-electron chi connectivity index (χ1n) is 7.24. The Morgan fingerprint density at radius 2 is 1.45 bits per heavy atom. The van der Waals surface area contributed by atoms with Crippen LogP contribution in [0, 0.1) is 5.92 Å². The molecule has 2 aromatic rings. The lowest BCUT2D eigenvalue weighted by Crippen LogP contribution is -2.25. The molecule has 0 bridgehead atoms. The summed E-state index contributed by atoms with van der Waals surface area (Å²) in [5, 5.41) is 0.678. The van der Waals surface area contributed by atoms with Gasteiger partial charge in [-0.1, -0.05) is 49.7 Å². The van der Waals surface area contributed by atoms with Gasteiger partial charge in [-0.15, -0.1) is 0 Å². The molecule has 118 valence electrons. The largest absolute Gasteiger partial charge is 0.240 e. The number of rotatable bonds is 6. The van der Waals surface area contributed by atoms with E-state index in [4.69, 9.17) is 11.6 Å². The van der Waals surface area contributed by atoms with Crippen LogP contribution in [0.3, 0.4) is 0 Å². The fourth-order valence-electron chi connectivity index (χ4n) is 2.03. The average Bonchev–Trinajstić information content (AvgIpc) is 2.47. The van der Waals surface area contributed by atoms with Crippen molar-refractivity contribution in [3.8, 4) is 11.1 Å². The Balaban J connectivity index is 2.12. The highest BCUT2D eigenvalue weighted by atomic mass is 35.5. The van der Waals surface area contributed by atoms with Crippen LogP contribution >= 0.6 is 11.6 Å². The van der Waals surface area contributed by atoms with E-state index in [-0.39, 0.29) is 4.90 Å². The Kier molecular flexibility index (Phi) is 5.62. The molecular weight excluding hydrogens is 318 g/mol. The maximum absolute atomic E-state index is 12.2. The molecule has 3 nitrogen and oxygen atoms in total. The van der Waals surface area contributed by atoms with E-state index in [1.165, 1.54) is 0 Å². The molecule has 0 aliphatic carbocycles. The average molecular weight is 338 g/mol. The first kappa shape index (κ1) is 17.0. The second-order valence-corrected chi connectivity index (χ2v) is 7.81. The lowest BCUT2D eigenvalue weighted by Gasteiger charge is -2.09. The highest BCUT2D eigenvalue weighted by Crippen LogP contribution is 2.23. The van der Waals surface area contributed by atoms with Crippen molar-refractivity contribution in [1.29, 1.82) is 0 Å². The zero-order valence-electron chi connectivity index (χ0n) is 12.7. The fraction of sp³-hybridized carbons (Fsp3) is 0.294. The second kappa shape index (κ2) is 7.27. The van der Waals surface area contributed by atoms with E-state index in [0.717, 1.165) is 17.5 Å². The van der Waals surface area contributed by atoms with E-state index in [2.05, 4.69) is 18.6 Å². The van der Waals surface area contributed by atoms with Gasteiger partial charge in [-0.3, -0.25) is 0 Å². The molecule has 0 aliphatic rings. The number of hydrogen-bond acceptors (Lipinski definition) is 2. The van der Waals surface area contributed by atoms with E-state index < -0.39 is 10.0 Å². The van der Waals surface area contributed by atoms with Gasteiger partial charge < -0.3 is 0 Å². The number of hydrogen-bond donors (Lipinski definition) is 1. The third-order valence-corrected chi connectivity index (χ3v) is 5.08. The summed E-state index contributed by atoms with van der Waals surface area (Å²) in [6.07, 6.45) is 0.822. The lowest BCUT2D eigenvalue weighted by atomic mass is 10.1. The molecule has 5 heteroatoms. The van der Waals surface area contributed by atoms with Gasteiger partial charge in [-0.25, -0.2) is 13.1 Å². The van der Waals surface area contributed by atoms with Crippen LogP contribution in [-0.2, 0) is 10.0 Å². The molecule has 1 N–H and O–H groups in total. The fourth-order valence-corrected chi connectivity index (χ4v) is 3.21. The van der Waals surface area contributed by atoms with Gasteiger partial charge in [0.25, 0.3) is 0 Å². The Hall–Kier alpha value is -1.36. The van der Waals surface area contributed by atoms with Crippen molar-refractivity contribution in [3.05, 3.63) is 53.6 Å². The summed E-state index contributed by atoms with van der Waals surface area (Å²) in [5.74, 6) is 0.468. The first-order valence-corrected chi connectivity index (χ1v) is 9.10. The van der Waals surface area contributed by atoms with Gasteiger partial charge in [0.15, 0.2) is 0 Å². The van der Waals surface area contributed by atoms with Crippen molar-refractivity contribution in [2.75, 3.05) is 6.54 Å². The molecule has 0 amide bonds. The predicted molar refractivity (Wildman–Crippen MR) is 91.5 cm³/mol. The summed E-state index contributed by atoms with van der Waals surface area (Å²) in [7, 11) is -3.43. The molecule has 0 unspecified atom stereocenters. The van der Waals surface area contributed by atoms with E-state index in [0.29, 0.717) is 17.5 Å². The standard InChI is InChI=1S/C17H20ClNO2S/c1-13(2)11-12-19-22(20,21)17-9-5-15(6-10-17)14-3-7-16(18)8-4-14/h3-10,13,19H,11-12H2,1-2H3. The normalized spacial score (nSPS) is 11.8. The minimum atomic E-state index is -3.43. The third-order valence-electron chi connectivity index (χ3n) is 3.36. The van der Waals surface area contributed by atoms with Gasteiger partial charge >= 0.3 is 0 Å². The molecule has 0 radical (unpaired) electrons. The maximum Gasteiger partial charge on any atom is 0.240 e. The molecule has 22 heavy (non-hydrogen) atoms. The molecule has 0 atom stereocenters. The Morgan fingerprint density at radius 1 is 0.955 bits per heavy atom.